The molecular formula is C13H17Cl3N2O. The van der Waals surface area contributed by atoms with Gasteiger partial charge < -0.3 is 10.6 Å². The number of piperidine rings is 1. The second-order valence-corrected chi connectivity index (χ2v) is 5.35. The first-order valence-corrected chi connectivity index (χ1v) is 6.85. The van der Waals surface area contributed by atoms with Crippen LogP contribution >= 0.6 is 35.6 Å². The van der Waals surface area contributed by atoms with Crippen LogP contribution in [0.25, 0.3) is 0 Å². The predicted octanol–water partition coefficient (Wildman–Crippen LogP) is 2.83. The van der Waals surface area contributed by atoms with Crippen LogP contribution in [0.5, 0.6) is 0 Å². The molecule has 3 nitrogen and oxygen atoms in total. The summed E-state index contributed by atoms with van der Waals surface area (Å²) in [6.07, 6.45) is 2.49. The molecule has 0 spiro atoms. The zero-order valence-electron chi connectivity index (χ0n) is 10.4. The highest BCUT2D eigenvalue weighted by Gasteiger charge is 2.15. The van der Waals surface area contributed by atoms with E-state index in [4.69, 9.17) is 23.2 Å². The van der Waals surface area contributed by atoms with Crippen LogP contribution in [0.2, 0.25) is 10.0 Å². The number of hydrogen-bond acceptors (Lipinski definition) is 2. The standard InChI is InChI=1S/C13H16Cl2N2O.ClH/c14-11-4-3-9(6-12(11)15)7-13(18)17-10-2-1-5-16-8-10;/h3-4,6,10,16H,1-2,5,7-8H2,(H,17,18);1H. The molecule has 1 heterocycles. The number of nitrogens with one attached hydrogen (secondary N) is 2. The van der Waals surface area contributed by atoms with Crippen molar-refractivity contribution in [1.29, 1.82) is 0 Å². The fraction of sp³-hybridized carbons (Fsp3) is 0.462. The van der Waals surface area contributed by atoms with Crippen molar-refractivity contribution in [2.75, 3.05) is 13.1 Å². The Kier molecular flexibility index (Phi) is 6.94. The van der Waals surface area contributed by atoms with Crippen LogP contribution in [0, 0.1) is 0 Å². The lowest BCUT2D eigenvalue weighted by Crippen LogP contribution is -2.46. The van der Waals surface area contributed by atoms with Gasteiger partial charge in [0.1, 0.15) is 0 Å². The van der Waals surface area contributed by atoms with Gasteiger partial charge in [0.2, 0.25) is 5.91 Å². The third kappa shape index (κ3) is 5.19. The summed E-state index contributed by atoms with van der Waals surface area (Å²) in [5, 5.41) is 7.29. The Hall–Kier alpha value is -0.480. The number of halogens is 3. The van der Waals surface area contributed by atoms with Crippen molar-refractivity contribution >= 4 is 41.5 Å². The molecule has 1 aliphatic rings. The summed E-state index contributed by atoms with van der Waals surface area (Å²) in [5.74, 6) is 0.0297. The van der Waals surface area contributed by atoms with Crippen molar-refractivity contribution in [3.63, 3.8) is 0 Å². The van der Waals surface area contributed by atoms with Gasteiger partial charge in [-0.1, -0.05) is 29.3 Å². The minimum absolute atomic E-state index is 0. The number of carbonyl (C=O) groups is 1. The molecule has 19 heavy (non-hydrogen) atoms. The zero-order valence-corrected chi connectivity index (χ0v) is 12.7. The van der Waals surface area contributed by atoms with Crippen LogP contribution in [0.4, 0.5) is 0 Å². The van der Waals surface area contributed by atoms with Crippen LogP contribution in [0.3, 0.4) is 0 Å². The van der Waals surface area contributed by atoms with Gasteiger partial charge >= 0.3 is 0 Å². The molecule has 0 aromatic heterocycles. The van der Waals surface area contributed by atoms with Gasteiger partial charge in [0.05, 0.1) is 16.5 Å². The second kappa shape index (κ2) is 7.95. The quantitative estimate of drug-likeness (QED) is 0.898. The Morgan fingerprint density at radius 3 is 2.79 bits per heavy atom. The maximum absolute atomic E-state index is 11.9. The highest BCUT2D eigenvalue weighted by atomic mass is 35.5. The molecule has 1 aromatic rings. The predicted molar refractivity (Wildman–Crippen MR) is 81.4 cm³/mol. The lowest BCUT2D eigenvalue weighted by atomic mass is 10.1. The summed E-state index contributed by atoms with van der Waals surface area (Å²) in [7, 11) is 0. The lowest BCUT2D eigenvalue weighted by molar-refractivity contribution is -0.121. The smallest absolute Gasteiger partial charge is 0.224 e. The van der Waals surface area contributed by atoms with Crippen LogP contribution < -0.4 is 10.6 Å². The molecule has 6 heteroatoms. The molecule has 0 aliphatic carbocycles. The summed E-state index contributed by atoms with van der Waals surface area (Å²) in [6.45, 7) is 1.90. The second-order valence-electron chi connectivity index (χ2n) is 4.54. The molecular weight excluding hydrogens is 307 g/mol. The fourth-order valence-corrected chi connectivity index (χ4v) is 2.41. The van der Waals surface area contributed by atoms with Gasteiger partial charge in [-0.2, -0.15) is 0 Å². The third-order valence-corrected chi connectivity index (χ3v) is 3.75. The van der Waals surface area contributed by atoms with Gasteiger partial charge in [-0.25, -0.2) is 0 Å². The molecule has 0 radical (unpaired) electrons. The van der Waals surface area contributed by atoms with Gasteiger partial charge in [0.15, 0.2) is 0 Å². The van der Waals surface area contributed by atoms with E-state index in [1.165, 1.54) is 0 Å². The molecule has 0 bridgehead atoms. The Labute approximate surface area is 129 Å². The van der Waals surface area contributed by atoms with E-state index >= 15 is 0 Å². The maximum atomic E-state index is 11.9. The summed E-state index contributed by atoms with van der Waals surface area (Å²) in [6, 6.07) is 5.53. The summed E-state index contributed by atoms with van der Waals surface area (Å²) in [5.41, 5.74) is 0.880. The Balaban J connectivity index is 0.00000180. The van der Waals surface area contributed by atoms with Crippen LogP contribution in [0.1, 0.15) is 18.4 Å². The number of amides is 1. The van der Waals surface area contributed by atoms with E-state index in [0.717, 1.165) is 31.5 Å². The van der Waals surface area contributed by atoms with Crippen molar-refractivity contribution in [2.24, 2.45) is 0 Å². The van der Waals surface area contributed by atoms with Gasteiger partial charge in [-0.3, -0.25) is 4.79 Å². The first kappa shape index (κ1) is 16.6. The van der Waals surface area contributed by atoms with Crippen molar-refractivity contribution < 1.29 is 4.79 Å². The molecule has 2 N–H and O–H groups in total. The summed E-state index contributed by atoms with van der Waals surface area (Å²) < 4.78 is 0. The van der Waals surface area contributed by atoms with Crippen molar-refractivity contribution in [3.8, 4) is 0 Å². The fourth-order valence-electron chi connectivity index (χ4n) is 2.09. The van der Waals surface area contributed by atoms with Crippen molar-refractivity contribution in [2.45, 2.75) is 25.3 Å². The molecule has 1 aliphatic heterocycles. The summed E-state index contributed by atoms with van der Waals surface area (Å²) in [4.78, 5) is 11.9. The summed E-state index contributed by atoms with van der Waals surface area (Å²) >= 11 is 11.7. The topological polar surface area (TPSA) is 41.1 Å². The zero-order chi connectivity index (χ0) is 13.0. The minimum atomic E-state index is 0. The number of rotatable bonds is 3. The van der Waals surface area contributed by atoms with E-state index in [9.17, 15) is 4.79 Å². The van der Waals surface area contributed by atoms with E-state index in [1.807, 2.05) is 6.07 Å². The average Bonchev–Trinajstić information content (AvgIpc) is 2.35. The normalized spacial score (nSPS) is 18.5. The van der Waals surface area contributed by atoms with E-state index in [2.05, 4.69) is 10.6 Å². The third-order valence-electron chi connectivity index (χ3n) is 3.01. The first-order chi connectivity index (χ1) is 8.65. The molecule has 1 amide bonds. The van der Waals surface area contributed by atoms with Gasteiger partial charge in [-0.15, -0.1) is 12.4 Å². The van der Waals surface area contributed by atoms with Crippen LogP contribution in [0.15, 0.2) is 18.2 Å². The molecule has 106 valence electrons. The van der Waals surface area contributed by atoms with Gasteiger partial charge in [0, 0.05) is 12.6 Å². The van der Waals surface area contributed by atoms with Crippen LogP contribution in [-0.2, 0) is 11.2 Å². The molecule has 1 saturated heterocycles. The van der Waals surface area contributed by atoms with Crippen LogP contribution in [-0.4, -0.2) is 25.0 Å². The number of hydrogen-bond donors (Lipinski definition) is 2. The molecule has 1 fully saturated rings. The van der Waals surface area contributed by atoms with E-state index < -0.39 is 0 Å². The van der Waals surface area contributed by atoms with Crippen molar-refractivity contribution in [1.82, 2.24) is 10.6 Å². The first-order valence-electron chi connectivity index (χ1n) is 6.09. The number of benzene rings is 1. The molecule has 0 saturated carbocycles. The SMILES string of the molecule is Cl.O=C(Cc1ccc(Cl)c(Cl)c1)NC1CCCNC1. The largest absolute Gasteiger partial charge is 0.352 e. The Morgan fingerprint density at radius 2 is 2.16 bits per heavy atom. The van der Waals surface area contributed by atoms with E-state index in [-0.39, 0.29) is 24.4 Å². The minimum Gasteiger partial charge on any atom is -0.352 e. The Bertz CT molecular complexity index is 434. The number of carbonyl (C=O) groups excluding carboxylic acids is 1. The Morgan fingerprint density at radius 1 is 1.37 bits per heavy atom. The molecule has 1 unspecified atom stereocenters. The van der Waals surface area contributed by atoms with E-state index in [1.54, 1.807) is 12.1 Å². The van der Waals surface area contributed by atoms with E-state index in [0.29, 0.717) is 16.5 Å². The average molecular weight is 324 g/mol. The molecule has 1 atom stereocenters. The maximum Gasteiger partial charge on any atom is 0.224 e. The van der Waals surface area contributed by atoms with Crippen molar-refractivity contribution in [3.05, 3.63) is 33.8 Å². The molecule has 1 aromatic carbocycles. The lowest BCUT2D eigenvalue weighted by Gasteiger charge is -2.23. The van der Waals surface area contributed by atoms with Gasteiger partial charge in [0.25, 0.3) is 0 Å². The van der Waals surface area contributed by atoms with Gasteiger partial charge in [-0.05, 0) is 37.1 Å². The highest BCUT2D eigenvalue weighted by molar-refractivity contribution is 6.42. The monoisotopic (exact) mass is 322 g/mol. The highest BCUT2D eigenvalue weighted by Crippen LogP contribution is 2.22. The molecule has 2 rings (SSSR count).